The molecule has 0 rings (SSSR count). The van der Waals surface area contributed by atoms with Gasteiger partial charge in [0, 0.05) is 13.1 Å². The third-order valence-corrected chi connectivity index (χ3v) is 4.30. The molecule has 0 bridgehead atoms. The first-order chi connectivity index (χ1) is 6.81. The van der Waals surface area contributed by atoms with Crippen molar-refractivity contribution >= 4 is 27.2 Å². The van der Waals surface area contributed by atoms with Crippen LogP contribution in [0.25, 0.3) is 0 Å². The number of likely N-dealkylation sites (N-methyl/N-ethyl adjacent to an activating group) is 1. The van der Waals surface area contributed by atoms with E-state index in [0.717, 1.165) is 0 Å². The molecule has 0 aliphatic heterocycles. The minimum absolute atomic E-state index is 0.0230. The highest BCUT2D eigenvalue weighted by Crippen LogP contribution is 2.04. The van der Waals surface area contributed by atoms with Crippen LogP contribution in [-0.2, 0) is 10.0 Å². The van der Waals surface area contributed by atoms with Crippen LogP contribution in [0.2, 0.25) is 0 Å². The van der Waals surface area contributed by atoms with Crippen molar-refractivity contribution in [2.45, 2.75) is 18.6 Å². The van der Waals surface area contributed by atoms with Crippen LogP contribution in [0.3, 0.4) is 0 Å². The summed E-state index contributed by atoms with van der Waals surface area (Å²) in [5.41, 5.74) is 5.37. The number of hydrogen-bond donors (Lipinski definition) is 2. The lowest BCUT2D eigenvalue weighted by molar-refractivity contribution is 0.412. The highest BCUT2D eigenvalue weighted by molar-refractivity contribution is 7.93. The fourth-order valence-electron chi connectivity index (χ4n) is 1.09. The Balaban J connectivity index is 4.34. The van der Waals surface area contributed by atoms with Crippen molar-refractivity contribution in [1.29, 1.82) is 0 Å². The molecule has 7 heteroatoms. The molecule has 0 fully saturated rings. The van der Waals surface area contributed by atoms with Gasteiger partial charge in [0.1, 0.15) is 5.25 Å². The van der Waals surface area contributed by atoms with Gasteiger partial charge in [-0.25, -0.2) is 13.1 Å². The van der Waals surface area contributed by atoms with E-state index < -0.39 is 15.3 Å². The molecule has 0 radical (unpaired) electrons. The molecule has 15 heavy (non-hydrogen) atoms. The predicted molar refractivity (Wildman–Crippen MR) is 66.3 cm³/mol. The first-order valence-electron chi connectivity index (χ1n) is 4.73. The van der Waals surface area contributed by atoms with Gasteiger partial charge in [0.15, 0.2) is 0 Å². The molecule has 0 aromatic rings. The number of sulfonamides is 1. The van der Waals surface area contributed by atoms with Gasteiger partial charge in [-0.2, -0.15) is 0 Å². The summed E-state index contributed by atoms with van der Waals surface area (Å²) in [7, 11) is 0.338. The molecule has 0 saturated heterocycles. The van der Waals surface area contributed by atoms with Crippen LogP contribution in [0, 0.1) is 0 Å². The molecule has 0 aromatic heterocycles. The number of thiocarbonyl (C=S) groups is 1. The van der Waals surface area contributed by atoms with Gasteiger partial charge in [-0.1, -0.05) is 19.1 Å². The zero-order valence-corrected chi connectivity index (χ0v) is 11.0. The van der Waals surface area contributed by atoms with E-state index in [1.54, 1.807) is 6.92 Å². The standard InChI is InChI=1S/C8H19N3O2S2/c1-4-7(8(9)14)15(12,13)10-5-6-11(2)3/h7,10H,4-6H2,1-3H3,(H2,9,14). The number of rotatable bonds is 7. The fraction of sp³-hybridized carbons (Fsp3) is 0.875. The molecule has 1 atom stereocenters. The molecular weight excluding hydrogens is 234 g/mol. The fourth-order valence-corrected chi connectivity index (χ4v) is 2.95. The van der Waals surface area contributed by atoms with Crippen molar-refractivity contribution in [3.8, 4) is 0 Å². The molecule has 5 nitrogen and oxygen atoms in total. The molecule has 0 heterocycles. The molecule has 0 aromatic carbocycles. The first kappa shape index (κ1) is 14.8. The van der Waals surface area contributed by atoms with Gasteiger partial charge in [0.2, 0.25) is 10.0 Å². The van der Waals surface area contributed by atoms with Gasteiger partial charge in [-0.05, 0) is 20.5 Å². The van der Waals surface area contributed by atoms with Gasteiger partial charge >= 0.3 is 0 Å². The van der Waals surface area contributed by atoms with Crippen molar-refractivity contribution < 1.29 is 8.42 Å². The minimum atomic E-state index is -3.41. The van der Waals surface area contributed by atoms with E-state index in [-0.39, 0.29) is 4.99 Å². The van der Waals surface area contributed by atoms with E-state index in [2.05, 4.69) is 4.72 Å². The summed E-state index contributed by atoms with van der Waals surface area (Å²) in [6, 6.07) is 0. The summed E-state index contributed by atoms with van der Waals surface area (Å²) in [4.78, 5) is 1.92. The number of nitrogens with zero attached hydrogens (tertiary/aromatic N) is 1. The lowest BCUT2D eigenvalue weighted by Gasteiger charge is -2.16. The van der Waals surface area contributed by atoms with E-state index in [0.29, 0.717) is 19.5 Å². The second kappa shape index (κ2) is 6.37. The summed E-state index contributed by atoms with van der Waals surface area (Å²) >= 11 is 4.71. The second-order valence-electron chi connectivity index (χ2n) is 3.54. The van der Waals surface area contributed by atoms with E-state index in [1.807, 2.05) is 19.0 Å². The molecule has 0 amide bonds. The van der Waals surface area contributed by atoms with Gasteiger partial charge in [-0.15, -0.1) is 0 Å². The number of nitrogens with two attached hydrogens (primary N) is 1. The summed E-state index contributed by atoms with van der Waals surface area (Å²) < 4.78 is 25.9. The number of nitrogens with one attached hydrogen (secondary N) is 1. The van der Waals surface area contributed by atoms with Gasteiger partial charge in [0.05, 0.1) is 4.99 Å². The van der Waals surface area contributed by atoms with Crippen LogP contribution in [0.1, 0.15) is 13.3 Å². The normalized spacial score (nSPS) is 14.1. The quantitative estimate of drug-likeness (QED) is 0.600. The molecule has 0 aliphatic rings. The van der Waals surface area contributed by atoms with Crippen LogP contribution < -0.4 is 10.5 Å². The molecular formula is C8H19N3O2S2. The summed E-state index contributed by atoms with van der Waals surface area (Å²) in [5.74, 6) is 0. The Hall–Kier alpha value is -0.240. The lowest BCUT2D eigenvalue weighted by atomic mass is 10.3. The Morgan fingerprint density at radius 1 is 1.53 bits per heavy atom. The SMILES string of the molecule is CCC(C(N)=S)S(=O)(=O)NCCN(C)C. The Kier molecular flexibility index (Phi) is 6.26. The topological polar surface area (TPSA) is 75.4 Å². The van der Waals surface area contributed by atoms with Gasteiger partial charge < -0.3 is 10.6 Å². The Labute approximate surface area is 97.1 Å². The lowest BCUT2D eigenvalue weighted by Crippen LogP contribution is -2.43. The Morgan fingerprint density at radius 2 is 2.07 bits per heavy atom. The zero-order valence-electron chi connectivity index (χ0n) is 9.36. The number of hydrogen-bond acceptors (Lipinski definition) is 4. The van der Waals surface area contributed by atoms with E-state index in [1.165, 1.54) is 0 Å². The highest BCUT2D eigenvalue weighted by atomic mass is 32.2. The van der Waals surface area contributed by atoms with Crippen molar-refractivity contribution in [2.75, 3.05) is 27.2 Å². The smallest absolute Gasteiger partial charge is 0.221 e. The average molecular weight is 253 g/mol. The van der Waals surface area contributed by atoms with Crippen molar-refractivity contribution in [1.82, 2.24) is 9.62 Å². The monoisotopic (exact) mass is 253 g/mol. The van der Waals surface area contributed by atoms with Crippen LogP contribution in [0.15, 0.2) is 0 Å². The average Bonchev–Trinajstić information content (AvgIpc) is 2.01. The molecule has 90 valence electrons. The largest absolute Gasteiger partial charge is 0.392 e. The van der Waals surface area contributed by atoms with Crippen molar-refractivity contribution in [3.05, 3.63) is 0 Å². The third-order valence-electron chi connectivity index (χ3n) is 1.92. The molecule has 3 N–H and O–H groups in total. The van der Waals surface area contributed by atoms with Crippen molar-refractivity contribution in [3.63, 3.8) is 0 Å². The minimum Gasteiger partial charge on any atom is -0.392 e. The maximum absolute atomic E-state index is 11.7. The molecule has 0 spiro atoms. The van der Waals surface area contributed by atoms with Gasteiger partial charge in [0.25, 0.3) is 0 Å². The van der Waals surface area contributed by atoms with E-state index in [9.17, 15) is 8.42 Å². The zero-order chi connectivity index (χ0) is 12.1. The van der Waals surface area contributed by atoms with Gasteiger partial charge in [-0.3, -0.25) is 0 Å². The molecule has 0 aliphatic carbocycles. The maximum atomic E-state index is 11.7. The van der Waals surface area contributed by atoms with Crippen LogP contribution >= 0.6 is 12.2 Å². The summed E-state index contributed by atoms with van der Waals surface area (Å²) in [6.45, 7) is 2.76. The van der Waals surface area contributed by atoms with E-state index in [4.69, 9.17) is 18.0 Å². The third kappa shape index (κ3) is 5.41. The maximum Gasteiger partial charge on any atom is 0.221 e. The predicted octanol–water partition coefficient (Wildman–Crippen LogP) is -0.468. The first-order valence-corrected chi connectivity index (χ1v) is 6.69. The van der Waals surface area contributed by atoms with Crippen molar-refractivity contribution in [2.24, 2.45) is 5.73 Å². The van der Waals surface area contributed by atoms with Crippen LogP contribution in [-0.4, -0.2) is 50.7 Å². The second-order valence-corrected chi connectivity index (χ2v) is 5.96. The van der Waals surface area contributed by atoms with Crippen LogP contribution in [0.4, 0.5) is 0 Å². The van der Waals surface area contributed by atoms with E-state index >= 15 is 0 Å². The summed E-state index contributed by atoms with van der Waals surface area (Å²) in [6.07, 6.45) is 0.395. The molecule has 1 unspecified atom stereocenters. The van der Waals surface area contributed by atoms with Crippen LogP contribution in [0.5, 0.6) is 0 Å². The Bertz CT molecular complexity index is 301. The highest BCUT2D eigenvalue weighted by Gasteiger charge is 2.25. The summed E-state index contributed by atoms with van der Waals surface area (Å²) in [5, 5.41) is -0.769. The Morgan fingerprint density at radius 3 is 2.40 bits per heavy atom. The molecule has 0 saturated carbocycles.